The fraction of sp³-hybridized carbons (Fsp3) is 0.333. The van der Waals surface area contributed by atoms with Crippen molar-refractivity contribution < 1.29 is 0 Å². The molecule has 3 N–H and O–H groups in total. The van der Waals surface area contributed by atoms with Gasteiger partial charge in [0, 0.05) is 24.4 Å². The standard InChI is InChI=1S/C27H29N5/c1-3-23(28-13-1)25-15-22(16-30-25)20-7-5-18(6-8-20)19-9-11-21(12-10-19)26-17-31-27(32-26)24-4-2-14-29-24/h5-12,16-17,23-24,28-29H,1-4,13-15H2,(H,31,32)/t23-,24?/m0/s1. The molecule has 5 nitrogen and oxygen atoms in total. The highest BCUT2D eigenvalue weighted by Crippen LogP contribution is 2.30. The van der Waals surface area contributed by atoms with Crippen molar-refractivity contribution in [2.24, 2.45) is 4.99 Å². The second-order valence-corrected chi connectivity index (χ2v) is 9.09. The van der Waals surface area contributed by atoms with Crippen LogP contribution in [0.25, 0.3) is 28.0 Å². The molecule has 0 aliphatic carbocycles. The van der Waals surface area contributed by atoms with E-state index in [4.69, 9.17) is 4.99 Å². The first-order valence-electron chi connectivity index (χ1n) is 11.8. The van der Waals surface area contributed by atoms with E-state index in [1.54, 1.807) is 0 Å². The van der Waals surface area contributed by atoms with Crippen LogP contribution in [0.2, 0.25) is 0 Å². The van der Waals surface area contributed by atoms with Crippen molar-refractivity contribution in [3.63, 3.8) is 0 Å². The highest BCUT2D eigenvalue weighted by atomic mass is 15.0. The lowest BCUT2D eigenvalue weighted by atomic mass is 9.96. The van der Waals surface area contributed by atoms with E-state index < -0.39 is 0 Å². The Morgan fingerprint density at radius 3 is 2.00 bits per heavy atom. The zero-order valence-corrected chi connectivity index (χ0v) is 18.3. The summed E-state index contributed by atoms with van der Waals surface area (Å²) < 4.78 is 0. The highest BCUT2D eigenvalue weighted by molar-refractivity contribution is 6.01. The van der Waals surface area contributed by atoms with Gasteiger partial charge in [0.1, 0.15) is 5.82 Å². The second kappa shape index (κ2) is 8.49. The predicted octanol–water partition coefficient (Wildman–Crippen LogP) is 5.11. The third-order valence-electron chi connectivity index (χ3n) is 6.99. The first-order chi connectivity index (χ1) is 15.8. The first-order valence-corrected chi connectivity index (χ1v) is 11.8. The Bertz CT molecular complexity index is 1140. The molecule has 32 heavy (non-hydrogen) atoms. The number of hydrogen-bond acceptors (Lipinski definition) is 4. The lowest BCUT2D eigenvalue weighted by Crippen LogP contribution is -2.29. The van der Waals surface area contributed by atoms with Crippen molar-refractivity contribution in [1.82, 2.24) is 20.6 Å². The van der Waals surface area contributed by atoms with Crippen LogP contribution in [0.5, 0.6) is 0 Å². The van der Waals surface area contributed by atoms with Gasteiger partial charge < -0.3 is 15.6 Å². The molecule has 162 valence electrons. The third-order valence-corrected chi connectivity index (χ3v) is 6.99. The summed E-state index contributed by atoms with van der Waals surface area (Å²) in [4.78, 5) is 12.8. The molecule has 6 rings (SSSR count). The number of aliphatic imine (C=N–C) groups is 1. The number of hydrogen-bond donors (Lipinski definition) is 3. The maximum absolute atomic E-state index is 4.70. The van der Waals surface area contributed by atoms with Crippen LogP contribution < -0.4 is 10.6 Å². The van der Waals surface area contributed by atoms with Crippen LogP contribution in [-0.4, -0.2) is 34.8 Å². The average molecular weight is 424 g/mol. The van der Waals surface area contributed by atoms with Crippen molar-refractivity contribution in [2.75, 3.05) is 13.1 Å². The molecule has 4 heterocycles. The van der Waals surface area contributed by atoms with E-state index in [0.29, 0.717) is 12.1 Å². The number of H-pyrrole nitrogens is 1. The summed E-state index contributed by atoms with van der Waals surface area (Å²) in [5.41, 5.74) is 8.60. The third kappa shape index (κ3) is 3.83. The summed E-state index contributed by atoms with van der Waals surface area (Å²) in [7, 11) is 0. The van der Waals surface area contributed by atoms with E-state index in [-0.39, 0.29) is 0 Å². The van der Waals surface area contributed by atoms with Crippen LogP contribution in [0, 0.1) is 0 Å². The molecule has 2 aromatic carbocycles. The number of benzene rings is 2. The predicted molar refractivity (Wildman–Crippen MR) is 130 cm³/mol. The Morgan fingerprint density at radius 1 is 0.719 bits per heavy atom. The van der Waals surface area contributed by atoms with E-state index in [9.17, 15) is 0 Å². The monoisotopic (exact) mass is 423 g/mol. The summed E-state index contributed by atoms with van der Waals surface area (Å²) >= 11 is 0. The number of allylic oxidation sites excluding steroid dienone is 1. The van der Waals surface area contributed by atoms with Crippen molar-refractivity contribution in [3.8, 4) is 22.4 Å². The highest BCUT2D eigenvalue weighted by Gasteiger charge is 2.23. The SMILES string of the molecule is C1=C(c2ccc(-c3ccc(-c4cnc(C5CCCN5)[nH]4)cc3)cc2)CC([C@@H]2CCCN2)=N1. The fourth-order valence-electron chi connectivity index (χ4n) is 5.10. The van der Waals surface area contributed by atoms with Crippen molar-refractivity contribution >= 4 is 11.3 Å². The number of aromatic amines is 1. The van der Waals surface area contributed by atoms with Crippen molar-refractivity contribution in [3.05, 3.63) is 72.3 Å². The molecule has 2 atom stereocenters. The molecule has 2 fully saturated rings. The summed E-state index contributed by atoms with van der Waals surface area (Å²) in [5, 5.41) is 7.06. The maximum atomic E-state index is 4.70. The van der Waals surface area contributed by atoms with Gasteiger partial charge >= 0.3 is 0 Å². The molecule has 0 bridgehead atoms. The largest absolute Gasteiger partial charge is 0.341 e. The number of aromatic nitrogens is 2. The molecule has 3 aliphatic rings. The van der Waals surface area contributed by atoms with Gasteiger partial charge in [-0.3, -0.25) is 4.99 Å². The quantitative estimate of drug-likeness (QED) is 0.535. The Balaban J connectivity index is 1.13. The molecule has 2 saturated heterocycles. The smallest absolute Gasteiger partial charge is 0.123 e. The minimum Gasteiger partial charge on any atom is -0.341 e. The average Bonchev–Trinajstić information content (AvgIpc) is 3.66. The van der Waals surface area contributed by atoms with Crippen LogP contribution in [0.1, 0.15) is 49.5 Å². The Labute approximate surface area is 189 Å². The van der Waals surface area contributed by atoms with Gasteiger partial charge in [-0.05, 0) is 66.6 Å². The molecule has 0 spiro atoms. The molecular formula is C27H29N5. The van der Waals surface area contributed by atoms with Gasteiger partial charge in [-0.1, -0.05) is 48.5 Å². The summed E-state index contributed by atoms with van der Waals surface area (Å²) in [5.74, 6) is 1.05. The molecule has 0 radical (unpaired) electrons. The molecule has 3 aromatic rings. The summed E-state index contributed by atoms with van der Waals surface area (Å²) in [6.45, 7) is 2.20. The van der Waals surface area contributed by atoms with Gasteiger partial charge in [0.2, 0.25) is 0 Å². The number of nitrogens with one attached hydrogen (secondary N) is 3. The van der Waals surface area contributed by atoms with Gasteiger partial charge in [-0.2, -0.15) is 0 Å². The van der Waals surface area contributed by atoms with Crippen LogP contribution in [0.3, 0.4) is 0 Å². The van der Waals surface area contributed by atoms with Crippen LogP contribution in [0.4, 0.5) is 0 Å². The first kappa shape index (κ1) is 19.6. The van der Waals surface area contributed by atoms with Gasteiger partial charge in [-0.15, -0.1) is 0 Å². The zero-order valence-electron chi connectivity index (χ0n) is 18.3. The number of imidazole rings is 1. The van der Waals surface area contributed by atoms with E-state index >= 15 is 0 Å². The summed E-state index contributed by atoms with van der Waals surface area (Å²) in [6, 6.07) is 18.5. The molecule has 0 amide bonds. The number of rotatable bonds is 5. The van der Waals surface area contributed by atoms with Gasteiger partial charge in [0.15, 0.2) is 0 Å². The number of nitrogens with zero attached hydrogens (tertiary/aromatic N) is 2. The van der Waals surface area contributed by atoms with E-state index in [1.807, 2.05) is 6.20 Å². The lowest BCUT2D eigenvalue weighted by Gasteiger charge is -2.11. The van der Waals surface area contributed by atoms with E-state index in [2.05, 4.69) is 75.3 Å². The zero-order chi connectivity index (χ0) is 21.3. The minimum absolute atomic E-state index is 0.368. The Morgan fingerprint density at radius 2 is 1.34 bits per heavy atom. The van der Waals surface area contributed by atoms with Gasteiger partial charge in [-0.25, -0.2) is 4.98 Å². The minimum atomic E-state index is 0.368. The molecule has 1 aromatic heterocycles. The summed E-state index contributed by atoms with van der Waals surface area (Å²) in [6.07, 6.45) is 9.82. The second-order valence-electron chi connectivity index (χ2n) is 9.09. The van der Waals surface area contributed by atoms with Crippen LogP contribution in [-0.2, 0) is 0 Å². The molecular weight excluding hydrogens is 394 g/mol. The molecule has 0 saturated carbocycles. The topological polar surface area (TPSA) is 65.1 Å². The Hall–Kier alpha value is -3.02. The lowest BCUT2D eigenvalue weighted by molar-refractivity contribution is 0.613. The Kier molecular flexibility index (Phi) is 5.21. The van der Waals surface area contributed by atoms with Crippen molar-refractivity contribution in [1.29, 1.82) is 0 Å². The normalized spacial score (nSPS) is 22.9. The van der Waals surface area contributed by atoms with E-state index in [0.717, 1.165) is 37.4 Å². The maximum Gasteiger partial charge on any atom is 0.123 e. The van der Waals surface area contributed by atoms with Crippen molar-refractivity contribution in [2.45, 2.75) is 44.2 Å². The van der Waals surface area contributed by atoms with E-state index in [1.165, 1.54) is 52.8 Å². The van der Waals surface area contributed by atoms with Crippen LogP contribution in [0.15, 0.2) is 65.9 Å². The molecule has 1 unspecified atom stereocenters. The van der Waals surface area contributed by atoms with Crippen LogP contribution >= 0.6 is 0 Å². The molecule has 5 heteroatoms. The van der Waals surface area contributed by atoms with Gasteiger partial charge in [0.05, 0.1) is 17.9 Å². The fourth-order valence-corrected chi connectivity index (χ4v) is 5.10. The van der Waals surface area contributed by atoms with Gasteiger partial charge in [0.25, 0.3) is 0 Å². The molecule has 3 aliphatic heterocycles.